The molecule has 1 fully saturated rings. The van der Waals surface area contributed by atoms with Gasteiger partial charge in [0.05, 0.1) is 10.3 Å². The van der Waals surface area contributed by atoms with Crippen molar-refractivity contribution in [3.05, 3.63) is 64.7 Å². The SMILES string of the molecule is O=C1NC(=O)C(Cc2ccc(OCC(=O)c3ccccc3Cl)cc2)S1.O=S(=O)(O)O. The van der Waals surface area contributed by atoms with E-state index in [2.05, 4.69) is 5.32 Å². The molecule has 1 heterocycles. The summed E-state index contributed by atoms with van der Waals surface area (Å²) in [7, 11) is -4.67. The topological polar surface area (TPSA) is 147 Å². The molecule has 2 aromatic rings. The molecular formula is C18H16ClNO8S2. The van der Waals surface area contributed by atoms with Gasteiger partial charge in [0.25, 0.3) is 5.24 Å². The Balaban J connectivity index is 0.000000575. The minimum atomic E-state index is -4.67. The van der Waals surface area contributed by atoms with E-state index in [1.165, 1.54) is 0 Å². The Morgan fingerprint density at radius 3 is 2.23 bits per heavy atom. The number of halogens is 1. The van der Waals surface area contributed by atoms with Crippen LogP contribution in [0.1, 0.15) is 15.9 Å². The Hall–Kier alpha value is -2.44. The molecule has 2 aromatic carbocycles. The minimum absolute atomic E-state index is 0.113. The summed E-state index contributed by atoms with van der Waals surface area (Å²) in [6, 6.07) is 13.9. The molecule has 30 heavy (non-hydrogen) atoms. The fourth-order valence-electron chi connectivity index (χ4n) is 2.38. The van der Waals surface area contributed by atoms with Gasteiger partial charge in [-0.3, -0.25) is 28.8 Å². The van der Waals surface area contributed by atoms with E-state index in [4.69, 9.17) is 33.9 Å². The Kier molecular flexibility index (Phi) is 8.38. The number of hydrogen-bond acceptors (Lipinski definition) is 7. The third kappa shape index (κ3) is 8.13. The number of benzene rings is 2. The van der Waals surface area contributed by atoms with E-state index in [9.17, 15) is 14.4 Å². The lowest BCUT2D eigenvalue weighted by molar-refractivity contribution is -0.118. The zero-order valence-corrected chi connectivity index (χ0v) is 17.5. The number of nitrogens with one attached hydrogen (secondary N) is 1. The van der Waals surface area contributed by atoms with E-state index in [1.807, 2.05) is 12.1 Å². The highest BCUT2D eigenvalue weighted by Gasteiger charge is 2.31. The van der Waals surface area contributed by atoms with Crippen molar-refractivity contribution in [3.8, 4) is 5.75 Å². The van der Waals surface area contributed by atoms with E-state index in [0.717, 1.165) is 17.3 Å². The van der Waals surface area contributed by atoms with Crippen LogP contribution in [-0.4, -0.2) is 46.3 Å². The Labute approximate surface area is 181 Å². The molecule has 2 amide bonds. The number of hydrogen-bond donors (Lipinski definition) is 3. The highest BCUT2D eigenvalue weighted by atomic mass is 35.5. The molecule has 3 rings (SSSR count). The van der Waals surface area contributed by atoms with Gasteiger partial charge in [0.1, 0.15) is 5.75 Å². The van der Waals surface area contributed by atoms with Crippen LogP contribution >= 0.6 is 23.4 Å². The summed E-state index contributed by atoms with van der Waals surface area (Å²) in [5.74, 6) is 0.0802. The molecule has 0 saturated carbocycles. The Morgan fingerprint density at radius 1 is 1.10 bits per heavy atom. The lowest BCUT2D eigenvalue weighted by Crippen LogP contribution is -2.25. The first-order chi connectivity index (χ1) is 14.0. The van der Waals surface area contributed by atoms with E-state index in [-0.39, 0.29) is 23.5 Å². The smallest absolute Gasteiger partial charge is 0.394 e. The van der Waals surface area contributed by atoms with E-state index in [1.54, 1.807) is 36.4 Å². The zero-order valence-electron chi connectivity index (χ0n) is 15.1. The van der Waals surface area contributed by atoms with Crippen LogP contribution in [0.25, 0.3) is 0 Å². The van der Waals surface area contributed by atoms with Gasteiger partial charge in [-0.1, -0.05) is 47.6 Å². The maximum Gasteiger partial charge on any atom is 0.394 e. The van der Waals surface area contributed by atoms with Crippen molar-refractivity contribution in [2.75, 3.05) is 6.61 Å². The number of ketones is 1. The van der Waals surface area contributed by atoms with E-state index < -0.39 is 15.6 Å². The second-order valence-electron chi connectivity index (χ2n) is 5.87. The third-order valence-electron chi connectivity index (χ3n) is 3.66. The number of ether oxygens (including phenoxy) is 1. The Bertz CT molecular complexity index is 1030. The molecule has 160 valence electrons. The van der Waals surface area contributed by atoms with Crippen molar-refractivity contribution in [1.29, 1.82) is 0 Å². The zero-order chi connectivity index (χ0) is 22.3. The van der Waals surface area contributed by atoms with E-state index in [0.29, 0.717) is 22.8 Å². The van der Waals surface area contributed by atoms with Crippen LogP contribution < -0.4 is 10.1 Å². The van der Waals surface area contributed by atoms with Gasteiger partial charge in [-0.2, -0.15) is 8.42 Å². The normalized spacial score (nSPS) is 15.8. The number of carbonyl (C=O) groups is 3. The summed E-state index contributed by atoms with van der Waals surface area (Å²) >= 11 is 6.99. The largest absolute Gasteiger partial charge is 0.485 e. The second-order valence-corrected chi connectivity index (χ2v) is 8.35. The molecule has 12 heteroatoms. The number of thioether (sulfide) groups is 1. The molecule has 0 radical (unpaired) electrons. The van der Waals surface area contributed by atoms with Gasteiger partial charge in [-0.15, -0.1) is 0 Å². The molecule has 1 atom stereocenters. The molecule has 0 spiro atoms. The average Bonchev–Trinajstić information content (AvgIpc) is 2.97. The van der Waals surface area contributed by atoms with Crippen LogP contribution in [0, 0.1) is 0 Å². The Morgan fingerprint density at radius 2 is 1.70 bits per heavy atom. The fraction of sp³-hybridized carbons (Fsp3) is 0.167. The van der Waals surface area contributed by atoms with Gasteiger partial charge in [-0.25, -0.2) is 0 Å². The number of amides is 2. The molecular weight excluding hydrogens is 458 g/mol. The van der Waals surface area contributed by atoms with Crippen LogP contribution in [-0.2, 0) is 21.6 Å². The van der Waals surface area contributed by atoms with Gasteiger partial charge in [-0.05, 0) is 36.2 Å². The van der Waals surface area contributed by atoms with E-state index >= 15 is 0 Å². The maximum atomic E-state index is 12.1. The highest BCUT2D eigenvalue weighted by Crippen LogP contribution is 2.24. The van der Waals surface area contributed by atoms with Gasteiger partial charge >= 0.3 is 10.4 Å². The van der Waals surface area contributed by atoms with Crippen LogP contribution in [0.15, 0.2) is 48.5 Å². The summed E-state index contributed by atoms with van der Waals surface area (Å²) in [6.07, 6.45) is 0.459. The third-order valence-corrected chi connectivity index (χ3v) is 4.97. The lowest BCUT2D eigenvalue weighted by atomic mass is 10.1. The van der Waals surface area contributed by atoms with Crippen molar-refractivity contribution < 1.29 is 36.6 Å². The summed E-state index contributed by atoms with van der Waals surface area (Å²) < 4.78 is 37.1. The monoisotopic (exact) mass is 473 g/mol. The van der Waals surface area contributed by atoms with Crippen LogP contribution in [0.5, 0.6) is 5.75 Å². The number of carbonyl (C=O) groups excluding carboxylic acids is 3. The molecule has 1 unspecified atom stereocenters. The first-order valence-electron chi connectivity index (χ1n) is 8.24. The highest BCUT2D eigenvalue weighted by molar-refractivity contribution is 8.15. The molecule has 0 aliphatic carbocycles. The van der Waals surface area contributed by atoms with Crippen LogP contribution in [0.2, 0.25) is 5.02 Å². The van der Waals surface area contributed by atoms with Gasteiger partial charge < -0.3 is 4.74 Å². The molecule has 3 N–H and O–H groups in total. The predicted octanol–water partition coefficient (Wildman–Crippen LogP) is 2.84. The van der Waals surface area contributed by atoms with Crippen molar-refractivity contribution in [2.24, 2.45) is 0 Å². The molecule has 0 bridgehead atoms. The summed E-state index contributed by atoms with van der Waals surface area (Å²) in [5, 5.41) is 1.95. The predicted molar refractivity (Wildman–Crippen MR) is 111 cm³/mol. The average molecular weight is 474 g/mol. The molecule has 0 aromatic heterocycles. The van der Waals surface area contributed by atoms with Crippen molar-refractivity contribution >= 4 is 50.7 Å². The summed E-state index contributed by atoms with van der Waals surface area (Å²) in [5.41, 5.74) is 1.34. The fourth-order valence-corrected chi connectivity index (χ4v) is 3.48. The summed E-state index contributed by atoms with van der Waals surface area (Å²) in [4.78, 5) is 34.9. The van der Waals surface area contributed by atoms with Crippen molar-refractivity contribution in [3.63, 3.8) is 0 Å². The number of imide groups is 1. The lowest BCUT2D eigenvalue weighted by Gasteiger charge is -2.09. The number of rotatable bonds is 6. The first-order valence-corrected chi connectivity index (χ1v) is 10.9. The first kappa shape index (κ1) is 23.8. The van der Waals surface area contributed by atoms with Crippen molar-refractivity contribution in [2.45, 2.75) is 11.7 Å². The van der Waals surface area contributed by atoms with Gasteiger partial charge in [0.2, 0.25) is 11.7 Å². The molecule has 1 saturated heterocycles. The molecule has 1 aliphatic heterocycles. The van der Waals surface area contributed by atoms with Gasteiger partial charge in [0.15, 0.2) is 6.61 Å². The summed E-state index contributed by atoms with van der Waals surface area (Å²) in [6.45, 7) is -0.113. The van der Waals surface area contributed by atoms with Gasteiger partial charge in [0, 0.05) is 5.56 Å². The van der Waals surface area contributed by atoms with Crippen LogP contribution in [0.3, 0.4) is 0 Å². The second kappa shape index (κ2) is 10.5. The molecule has 1 aliphatic rings. The minimum Gasteiger partial charge on any atom is -0.485 e. The van der Waals surface area contributed by atoms with Crippen LogP contribution in [0.4, 0.5) is 4.79 Å². The quantitative estimate of drug-likeness (QED) is 0.425. The maximum absolute atomic E-state index is 12.1. The van der Waals surface area contributed by atoms with Crippen molar-refractivity contribution in [1.82, 2.24) is 5.32 Å². The molecule has 9 nitrogen and oxygen atoms in total. The number of Topliss-reactive ketones (excluding diaryl/α,β-unsaturated/α-hetero) is 1. The standard InChI is InChI=1S/C18H14ClNO4S.H2O4S/c19-14-4-2-1-3-13(14)15(21)10-24-12-7-5-11(6-8-12)9-16-17(22)20-18(23)25-16;1-5(2,3)4/h1-8,16H,9-10H2,(H,20,22,23);(H2,1,2,3,4).